The van der Waals surface area contributed by atoms with Crippen LogP contribution in [0.4, 0.5) is 0 Å². The topological polar surface area (TPSA) is 52.9 Å². The monoisotopic (exact) mass is 444 g/mol. The Balaban J connectivity index is 1.34. The lowest BCUT2D eigenvalue weighted by Gasteiger charge is -2.39. The van der Waals surface area contributed by atoms with Crippen LogP contribution in [0.1, 0.15) is 52.7 Å². The van der Waals surface area contributed by atoms with Crippen molar-refractivity contribution in [2.45, 2.75) is 32.7 Å². The van der Waals surface area contributed by atoms with Crippen LogP contribution in [-0.2, 0) is 6.42 Å². The Labute approximate surface area is 200 Å². The van der Waals surface area contributed by atoms with Crippen LogP contribution in [0.2, 0.25) is 0 Å². The number of likely N-dealkylation sites (tertiary alicyclic amines) is 1. The molecule has 4 heteroatoms. The van der Waals surface area contributed by atoms with Crippen LogP contribution >= 0.6 is 0 Å². The summed E-state index contributed by atoms with van der Waals surface area (Å²) in [5.74, 6) is 1.57. The second kappa shape index (κ2) is 8.95. The lowest BCUT2D eigenvalue weighted by molar-refractivity contribution is 0.101. The number of phenolic OH excluding ortho intramolecular Hbond substituents is 2. The van der Waals surface area contributed by atoms with E-state index in [1.54, 1.807) is 24.3 Å². The predicted octanol–water partition coefficient (Wildman–Crippen LogP) is 6.05. The molecule has 4 nitrogen and oxygen atoms in total. The van der Waals surface area contributed by atoms with Gasteiger partial charge in [-0.25, -0.2) is 0 Å². The lowest BCUT2D eigenvalue weighted by Crippen LogP contribution is -2.47. The molecule has 2 N–H and O–H groups in total. The van der Waals surface area contributed by atoms with Crippen molar-refractivity contribution >= 4 is 11.1 Å². The minimum absolute atomic E-state index is 0.164. The molecule has 170 valence electrons. The molecule has 3 aromatic rings. The number of rotatable bonds is 6. The zero-order chi connectivity index (χ0) is 25.4. The van der Waals surface area contributed by atoms with Crippen molar-refractivity contribution in [3.8, 4) is 17.2 Å². The summed E-state index contributed by atoms with van der Waals surface area (Å²) in [6.45, 7) is 2.73. The summed E-state index contributed by atoms with van der Waals surface area (Å²) in [5, 5.41) is 19.8. The van der Waals surface area contributed by atoms with E-state index in [9.17, 15) is 10.2 Å². The van der Waals surface area contributed by atoms with Gasteiger partial charge in [0.25, 0.3) is 0 Å². The first kappa shape index (κ1) is 18.2. The van der Waals surface area contributed by atoms with Gasteiger partial charge in [0.15, 0.2) is 0 Å². The zero-order valence-electron chi connectivity index (χ0n) is 21.8. The molecular weight excluding hydrogens is 410 g/mol. The smallest absolute Gasteiger partial charge is 0.150 e. The number of nitrogens with zero attached hydrogens (tertiary/aromatic N) is 1. The Hall–Kier alpha value is -3.24. The van der Waals surface area contributed by atoms with Crippen LogP contribution in [0.3, 0.4) is 0 Å². The average molecular weight is 445 g/mol. The number of hydrogen-bond donors (Lipinski definition) is 2. The highest BCUT2D eigenvalue weighted by molar-refractivity contribution is 5.95. The molecule has 1 unspecified atom stereocenters. The van der Waals surface area contributed by atoms with Crippen molar-refractivity contribution < 1.29 is 19.1 Å². The minimum atomic E-state index is -1.85. The van der Waals surface area contributed by atoms with E-state index in [4.69, 9.17) is 8.85 Å². The highest BCUT2D eigenvalue weighted by atomic mass is 16.5. The van der Waals surface area contributed by atoms with Crippen molar-refractivity contribution in [2.24, 2.45) is 5.92 Å². The average Bonchev–Trinajstić information content (AvgIpc) is 2.81. The molecular formula is C29H31NO3. The number of fused-ring (bicyclic) bond motifs is 1. The maximum absolute atomic E-state index is 10.0. The van der Waals surface area contributed by atoms with E-state index in [-0.39, 0.29) is 24.0 Å². The van der Waals surface area contributed by atoms with Gasteiger partial charge >= 0.3 is 0 Å². The summed E-state index contributed by atoms with van der Waals surface area (Å²) in [5.41, 5.74) is 6.29. The normalized spacial score (nSPS) is 20.3. The fourth-order valence-corrected chi connectivity index (χ4v) is 5.00. The number of benzene rings is 3. The Bertz CT molecular complexity index is 1260. The summed E-state index contributed by atoms with van der Waals surface area (Å²) >= 11 is 0. The number of ether oxygens (including phenoxy) is 1. The van der Waals surface area contributed by atoms with Gasteiger partial charge in [0.05, 0.1) is 0 Å². The second-order valence-corrected chi connectivity index (χ2v) is 9.09. The Morgan fingerprint density at radius 2 is 1.70 bits per heavy atom. The minimum Gasteiger partial charge on any atom is -0.508 e. The molecule has 0 bridgehead atoms. The molecule has 3 aromatic carbocycles. The molecule has 0 amide bonds. The maximum atomic E-state index is 10.0. The number of phenols is 2. The van der Waals surface area contributed by atoms with Crippen molar-refractivity contribution in [3.63, 3.8) is 0 Å². The van der Waals surface area contributed by atoms with Crippen molar-refractivity contribution in [1.29, 1.82) is 0 Å². The quantitative estimate of drug-likeness (QED) is 0.486. The molecule has 0 aromatic heterocycles. The van der Waals surface area contributed by atoms with Gasteiger partial charge in [0.2, 0.25) is 0 Å². The van der Waals surface area contributed by atoms with Crippen LogP contribution in [0.15, 0.2) is 66.7 Å². The van der Waals surface area contributed by atoms with E-state index < -0.39 is 6.85 Å². The van der Waals surface area contributed by atoms with Crippen LogP contribution in [-0.4, -0.2) is 34.7 Å². The van der Waals surface area contributed by atoms with Gasteiger partial charge in [-0.2, -0.15) is 0 Å². The number of allylic oxidation sites excluding steroid dienone is 1. The molecule has 2 heterocycles. The van der Waals surface area contributed by atoms with Crippen molar-refractivity contribution in [1.82, 2.24) is 4.90 Å². The van der Waals surface area contributed by atoms with E-state index in [1.807, 2.05) is 18.2 Å². The molecule has 1 atom stereocenters. The molecule has 33 heavy (non-hydrogen) atoms. The first-order valence-electron chi connectivity index (χ1n) is 13.0. The SMILES string of the molecule is [2H]C([2H])([2H])CCN1CC(Cc2ccc(C3Oc4cc(O)ccc4C(C)=C3c3ccc(O)cc3)cc2)C1. The molecule has 0 radical (unpaired) electrons. The molecule has 5 rings (SSSR count). The van der Waals surface area contributed by atoms with Crippen LogP contribution < -0.4 is 4.74 Å². The zero-order valence-corrected chi connectivity index (χ0v) is 18.8. The molecule has 1 saturated heterocycles. The third-order valence-corrected chi connectivity index (χ3v) is 6.73. The van der Waals surface area contributed by atoms with Gasteiger partial charge in [-0.15, -0.1) is 0 Å². The molecule has 1 fully saturated rings. The third-order valence-electron chi connectivity index (χ3n) is 6.73. The van der Waals surface area contributed by atoms with E-state index in [2.05, 4.69) is 36.1 Å². The van der Waals surface area contributed by atoms with Gasteiger partial charge in [-0.05, 0) is 78.8 Å². The van der Waals surface area contributed by atoms with Gasteiger partial charge in [0.1, 0.15) is 23.4 Å². The molecule has 2 aliphatic rings. The number of aromatic hydroxyl groups is 2. The summed E-state index contributed by atoms with van der Waals surface area (Å²) in [6, 6.07) is 20.9. The van der Waals surface area contributed by atoms with Crippen LogP contribution in [0, 0.1) is 5.92 Å². The molecule has 2 aliphatic heterocycles. The Morgan fingerprint density at radius 3 is 2.42 bits per heavy atom. The largest absolute Gasteiger partial charge is 0.508 e. The standard InChI is InChI=1S/C29H31NO3/c1-3-14-30-17-21(18-30)15-20-4-6-23(7-5-20)29-28(22-8-10-24(31)11-9-22)19(2)26-13-12-25(32)16-27(26)33-29/h4-13,16,21,29,31-32H,3,14-15,17-18H2,1-2H3/i1D3. The summed E-state index contributed by atoms with van der Waals surface area (Å²) in [4.78, 5) is 2.21. The first-order chi connectivity index (χ1) is 17.2. The van der Waals surface area contributed by atoms with E-state index in [0.29, 0.717) is 18.2 Å². The summed E-state index contributed by atoms with van der Waals surface area (Å²) in [7, 11) is 0. The molecule has 0 saturated carbocycles. The van der Waals surface area contributed by atoms with E-state index >= 15 is 0 Å². The van der Waals surface area contributed by atoms with Crippen LogP contribution in [0.5, 0.6) is 17.2 Å². The Kier molecular flexibility index (Phi) is 4.94. The lowest BCUT2D eigenvalue weighted by atomic mass is 9.85. The highest BCUT2D eigenvalue weighted by Crippen LogP contribution is 2.47. The summed E-state index contributed by atoms with van der Waals surface area (Å²) in [6.07, 6.45) is 0.858. The molecule has 0 spiro atoms. The van der Waals surface area contributed by atoms with Crippen LogP contribution in [0.25, 0.3) is 11.1 Å². The van der Waals surface area contributed by atoms with E-state index in [1.165, 1.54) is 5.56 Å². The summed E-state index contributed by atoms with van der Waals surface area (Å²) < 4.78 is 28.6. The highest BCUT2D eigenvalue weighted by Gasteiger charge is 2.30. The first-order valence-corrected chi connectivity index (χ1v) is 11.5. The fraction of sp³-hybridized carbons (Fsp3) is 0.310. The van der Waals surface area contributed by atoms with Gasteiger partial charge in [0, 0.05) is 34.4 Å². The van der Waals surface area contributed by atoms with Crippen molar-refractivity contribution in [2.75, 3.05) is 19.6 Å². The maximum Gasteiger partial charge on any atom is 0.150 e. The van der Waals surface area contributed by atoms with Crippen molar-refractivity contribution in [3.05, 3.63) is 89.0 Å². The van der Waals surface area contributed by atoms with Gasteiger partial charge < -0.3 is 19.8 Å². The van der Waals surface area contributed by atoms with E-state index in [0.717, 1.165) is 47.3 Å². The predicted molar refractivity (Wildman–Crippen MR) is 132 cm³/mol. The third kappa shape index (κ3) is 4.36. The van der Waals surface area contributed by atoms with Gasteiger partial charge in [-0.1, -0.05) is 43.3 Å². The number of hydrogen-bond acceptors (Lipinski definition) is 4. The second-order valence-electron chi connectivity index (χ2n) is 9.09. The molecule has 0 aliphatic carbocycles. The Morgan fingerprint density at radius 1 is 0.970 bits per heavy atom. The fourth-order valence-electron chi connectivity index (χ4n) is 5.00. The van der Waals surface area contributed by atoms with Gasteiger partial charge in [-0.3, -0.25) is 0 Å².